The Balaban J connectivity index is 1.72. The molecule has 4 heteroatoms. The summed E-state index contributed by atoms with van der Waals surface area (Å²) in [5.41, 5.74) is 4.15. The highest BCUT2D eigenvalue weighted by Crippen LogP contribution is 2.44. The molecule has 0 radical (unpaired) electrons. The summed E-state index contributed by atoms with van der Waals surface area (Å²) < 4.78 is 5.52. The van der Waals surface area contributed by atoms with Crippen LogP contribution in [0.2, 0.25) is 0 Å². The Morgan fingerprint density at radius 3 is 2.20 bits per heavy atom. The number of rotatable bonds is 6. The van der Waals surface area contributed by atoms with E-state index < -0.39 is 11.6 Å². The quantitative estimate of drug-likeness (QED) is 0.834. The zero-order chi connectivity index (χ0) is 17.9. The molecule has 0 saturated heterocycles. The number of aliphatic hydroxyl groups is 1. The van der Waals surface area contributed by atoms with Gasteiger partial charge in [-0.2, -0.15) is 0 Å². The summed E-state index contributed by atoms with van der Waals surface area (Å²) in [6.45, 7) is 4.03. The fraction of sp³-hybridized carbons (Fsp3) is 0.381. The van der Waals surface area contributed by atoms with Crippen LogP contribution >= 0.6 is 0 Å². The van der Waals surface area contributed by atoms with Gasteiger partial charge in [0.2, 0.25) is 0 Å². The van der Waals surface area contributed by atoms with Crippen LogP contribution in [0, 0.1) is 0 Å². The summed E-state index contributed by atoms with van der Waals surface area (Å²) in [5.74, 6) is 0.0460. The van der Waals surface area contributed by atoms with E-state index in [1.807, 2.05) is 38.1 Å². The first-order valence-electron chi connectivity index (χ1n) is 8.82. The van der Waals surface area contributed by atoms with E-state index in [2.05, 4.69) is 29.6 Å². The third-order valence-corrected chi connectivity index (χ3v) is 4.90. The van der Waals surface area contributed by atoms with Crippen molar-refractivity contribution in [1.29, 1.82) is 0 Å². The van der Waals surface area contributed by atoms with Crippen molar-refractivity contribution in [3.8, 4) is 11.1 Å². The molecular formula is C21H25NO3. The van der Waals surface area contributed by atoms with Gasteiger partial charge >= 0.3 is 6.09 Å². The molecule has 0 spiro atoms. The fourth-order valence-electron chi connectivity index (χ4n) is 3.61. The van der Waals surface area contributed by atoms with Crippen molar-refractivity contribution in [1.82, 2.24) is 5.32 Å². The zero-order valence-corrected chi connectivity index (χ0v) is 14.8. The summed E-state index contributed by atoms with van der Waals surface area (Å²) in [5, 5.41) is 12.3. The van der Waals surface area contributed by atoms with Gasteiger partial charge in [-0.25, -0.2) is 4.79 Å². The van der Waals surface area contributed by atoms with E-state index in [4.69, 9.17) is 4.74 Å². The van der Waals surface area contributed by atoms with Crippen LogP contribution in [-0.2, 0) is 4.74 Å². The Bertz CT molecular complexity index is 713. The molecule has 1 amide bonds. The molecule has 0 bridgehead atoms. The highest BCUT2D eigenvalue weighted by Gasteiger charge is 2.30. The molecule has 132 valence electrons. The monoisotopic (exact) mass is 339 g/mol. The maximum Gasteiger partial charge on any atom is 0.407 e. The highest BCUT2D eigenvalue weighted by molar-refractivity contribution is 5.79. The minimum Gasteiger partial charge on any atom is -0.449 e. The van der Waals surface area contributed by atoms with Gasteiger partial charge in [-0.3, -0.25) is 0 Å². The van der Waals surface area contributed by atoms with Crippen molar-refractivity contribution in [3.63, 3.8) is 0 Å². The van der Waals surface area contributed by atoms with Gasteiger partial charge in [0.15, 0.2) is 0 Å². The van der Waals surface area contributed by atoms with Crippen LogP contribution in [0.1, 0.15) is 43.7 Å². The van der Waals surface area contributed by atoms with Gasteiger partial charge in [-0.05, 0) is 35.6 Å². The predicted molar refractivity (Wildman–Crippen MR) is 98.6 cm³/mol. The number of aliphatic hydroxyl groups excluding tert-OH is 1. The zero-order valence-electron chi connectivity index (χ0n) is 14.8. The van der Waals surface area contributed by atoms with Crippen LogP contribution in [0.4, 0.5) is 4.79 Å². The molecule has 0 fully saturated rings. The first kappa shape index (κ1) is 17.5. The van der Waals surface area contributed by atoms with E-state index in [0.29, 0.717) is 6.42 Å². The summed E-state index contributed by atoms with van der Waals surface area (Å²) in [6.07, 6.45) is 1.10. The van der Waals surface area contributed by atoms with Crippen molar-refractivity contribution in [2.45, 2.75) is 38.1 Å². The summed E-state index contributed by atoms with van der Waals surface area (Å²) in [4.78, 5) is 12.2. The first-order chi connectivity index (χ1) is 12.1. The van der Waals surface area contributed by atoms with Crippen molar-refractivity contribution in [2.24, 2.45) is 0 Å². The molecular weight excluding hydrogens is 314 g/mol. The number of benzene rings is 2. The van der Waals surface area contributed by atoms with E-state index in [-0.39, 0.29) is 19.1 Å². The third-order valence-electron chi connectivity index (χ3n) is 4.90. The number of carbonyl (C=O) groups is 1. The van der Waals surface area contributed by atoms with E-state index in [0.717, 1.165) is 6.42 Å². The van der Waals surface area contributed by atoms with Crippen molar-refractivity contribution < 1.29 is 14.6 Å². The molecule has 4 nitrogen and oxygen atoms in total. The molecule has 2 aromatic rings. The van der Waals surface area contributed by atoms with Crippen molar-refractivity contribution >= 4 is 6.09 Å². The molecule has 1 aliphatic carbocycles. The fourth-order valence-corrected chi connectivity index (χ4v) is 3.61. The first-order valence-corrected chi connectivity index (χ1v) is 8.82. The van der Waals surface area contributed by atoms with Crippen LogP contribution in [0.15, 0.2) is 48.5 Å². The summed E-state index contributed by atoms with van der Waals surface area (Å²) in [7, 11) is 0. The number of ether oxygens (including phenoxy) is 1. The minimum absolute atomic E-state index is 0.0460. The van der Waals surface area contributed by atoms with Gasteiger partial charge in [0.25, 0.3) is 0 Å². The Morgan fingerprint density at radius 2 is 1.68 bits per heavy atom. The lowest BCUT2D eigenvalue weighted by molar-refractivity contribution is 0.111. The molecule has 2 N–H and O–H groups in total. The molecule has 0 heterocycles. The maximum absolute atomic E-state index is 12.2. The topological polar surface area (TPSA) is 58.6 Å². The van der Waals surface area contributed by atoms with Gasteiger partial charge < -0.3 is 15.2 Å². The smallest absolute Gasteiger partial charge is 0.407 e. The van der Waals surface area contributed by atoms with Crippen LogP contribution in [0.3, 0.4) is 0 Å². The number of alkyl carbamates (subject to hydrolysis) is 1. The molecule has 3 rings (SSSR count). The van der Waals surface area contributed by atoms with E-state index in [1.54, 1.807) is 0 Å². The Kier molecular flexibility index (Phi) is 5.09. The second-order valence-corrected chi connectivity index (χ2v) is 6.92. The number of hydrogen-bond acceptors (Lipinski definition) is 3. The Hall–Kier alpha value is -2.33. The standard InChI is InChI=1S/C21H25NO3/c1-3-12-21(2,14-23)22-20(24)25-13-19-17-10-6-4-8-15(17)16-9-5-7-11-18(16)19/h4-11,19,23H,3,12-14H2,1-2H3,(H,22,24). The van der Waals surface area contributed by atoms with E-state index in [9.17, 15) is 9.90 Å². The second-order valence-electron chi connectivity index (χ2n) is 6.92. The average molecular weight is 339 g/mol. The lowest BCUT2D eigenvalue weighted by Crippen LogP contribution is -2.49. The van der Waals surface area contributed by atoms with Crippen LogP contribution in [-0.4, -0.2) is 30.0 Å². The van der Waals surface area contributed by atoms with Gasteiger partial charge in [0.05, 0.1) is 12.1 Å². The number of carbonyl (C=O) groups excluding carboxylic acids is 1. The summed E-state index contributed by atoms with van der Waals surface area (Å²) >= 11 is 0. The number of nitrogens with one attached hydrogen (secondary N) is 1. The molecule has 1 atom stereocenters. The molecule has 0 aromatic heterocycles. The number of hydrogen-bond donors (Lipinski definition) is 2. The highest BCUT2D eigenvalue weighted by atomic mass is 16.5. The predicted octanol–water partition coefficient (Wildman–Crippen LogP) is 4.08. The molecule has 2 aromatic carbocycles. The van der Waals surface area contributed by atoms with Crippen LogP contribution in [0.25, 0.3) is 11.1 Å². The van der Waals surface area contributed by atoms with Gasteiger partial charge in [-0.15, -0.1) is 0 Å². The Labute approximate surface area is 148 Å². The van der Waals surface area contributed by atoms with Gasteiger partial charge in [-0.1, -0.05) is 61.9 Å². The minimum atomic E-state index is -0.642. The third kappa shape index (κ3) is 3.54. The largest absolute Gasteiger partial charge is 0.449 e. The van der Waals surface area contributed by atoms with Gasteiger partial charge in [0.1, 0.15) is 6.61 Å². The molecule has 1 unspecified atom stereocenters. The van der Waals surface area contributed by atoms with Crippen LogP contribution in [0.5, 0.6) is 0 Å². The number of amides is 1. The summed E-state index contributed by atoms with van der Waals surface area (Å²) in [6, 6.07) is 16.5. The maximum atomic E-state index is 12.2. The van der Waals surface area contributed by atoms with Crippen molar-refractivity contribution in [2.75, 3.05) is 13.2 Å². The second kappa shape index (κ2) is 7.28. The van der Waals surface area contributed by atoms with E-state index >= 15 is 0 Å². The molecule has 0 aliphatic heterocycles. The van der Waals surface area contributed by atoms with Crippen molar-refractivity contribution in [3.05, 3.63) is 59.7 Å². The van der Waals surface area contributed by atoms with Gasteiger partial charge in [0, 0.05) is 5.92 Å². The van der Waals surface area contributed by atoms with Crippen LogP contribution < -0.4 is 5.32 Å². The normalized spacial score (nSPS) is 15.2. The lowest BCUT2D eigenvalue weighted by atomic mass is 9.97. The van der Waals surface area contributed by atoms with E-state index in [1.165, 1.54) is 22.3 Å². The Morgan fingerprint density at radius 1 is 1.12 bits per heavy atom. The lowest BCUT2D eigenvalue weighted by Gasteiger charge is -2.28. The SMILES string of the molecule is CCCC(C)(CO)NC(=O)OCC1c2ccccc2-c2ccccc21. The average Bonchev–Trinajstić information content (AvgIpc) is 2.94. The molecule has 25 heavy (non-hydrogen) atoms. The molecule has 0 saturated carbocycles. The number of fused-ring (bicyclic) bond motifs is 3. The molecule has 1 aliphatic rings.